The number of carbonyl (C=O) groups excluding carboxylic acids is 3. The molecule has 0 saturated heterocycles. The summed E-state index contributed by atoms with van der Waals surface area (Å²) >= 11 is 6.79. The third-order valence-electron chi connectivity index (χ3n) is 9.22. The van der Waals surface area contributed by atoms with Gasteiger partial charge in [-0.1, -0.05) is 195 Å². The largest absolute Gasteiger partial charge is 0.501 e. The van der Waals surface area contributed by atoms with Crippen molar-refractivity contribution in [2.24, 2.45) is 11.5 Å². The van der Waals surface area contributed by atoms with Crippen LogP contribution in [-0.4, -0.2) is 64.4 Å². The molecule has 0 aliphatic heterocycles. The van der Waals surface area contributed by atoms with Crippen LogP contribution in [0.25, 0.3) is 11.1 Å². The minimum absolute atomic E-state index is 0.00691. The number of carbonyl (C=O) groups is 3. The Hall–Kier alpha value is -5.38. The van der Waals surface area contributed by atoms with Crippen LogP contribution < -0.4 is 16.8 Å². The molecular weight excluding hydrogens is 1270 g/mol. The Balaban J connectivity index is 0. The number of allylic oxidation sites excluding steroid dienone is 7. The van der Waals surface area contributed by atoms with Crippen molar-refractivity contribution in [2.45, 2.75) is 66.5 Å². The highest BCUT2D eigenvalue weighted by Gasteiger charge is 2.21. The third kappa shape index (κ3) is 38.2. The summed E-state index contributed by atoms with van der Waals surface area (Å²) in [6.07, 6.45) is 20.8. The molecule has 6 rings (SSSR count). The average Bonchev–Trinajstić information content (AvgIpc) is 3.42. The predicted molar refractivity (Wildman–Crippen MR) is 336 cm³/mol. The lowest BCUT2D eigenvalue weighted by atomic mass is 9.96. The molecule has 1 aliphatic rings. The van der Waals surface area contributed by atoms with Crippen molar-refractivity contribution in [1.29, 1.82) is 0 Å². The highest BCUT2D eigenvalue weighted by atomic mass is 127. The standard InChI is InChI=1S/C17H23NO3.C13H12.C8H8INO.C7H7I.C6H10BO2.C6H5I.C2H6.CH3NO/c1-5-13(2)7-6-8-16(18-12-19)15-10-9-14(20-3)11-17(15)21-4;1-11-7-9-13(10-8-11)12-5-3-2-4-6-12;9-7-3-1-6(2-4-7)5-8(10)11;1-6-2-4-7(8)5-3-6;1-2-3-4-5-6-9-7-8;7-6-4-2-1-3-5-6;1-2;2-1-3/h5-10,12,14,16H,1,11H2,2-4H3,(H,18,19);2-10H,1H3;1-4H,5H2,(H2,10,11);2-5H,1H3;2-5,8H,6H2,1H3;1-5H;1-2H3;1H,(H2,2,3)/b8-6+,13-7-;;;;3-2-,5-4-;;;. The highest BCUT2D eigenvalue weighted by molar-refractivity contribution is 14.1. The number of halogens is 3. The maximum absolute atomic E-state index is 10.8. The summed E-state index contributed by atoms with van der Waals surface area (Å²) in [6, 6.07) is 45.2. The van der Waals surface area contributed by atoms with E-state index in [-0.39, 0.29) is 24.5 Å². The van der Waals surface area contributed by atoms with Crippen LogP contribution in [0.3, 0.4) is 0 Å². The summed E-state index contributed by atoms with van der Waals surface area (Å²) in [7, 11) is 3.97. The Morgan fingerprint density at radius 3 is 1.73 bits per heavy atom. The fourth-order valence-electron chi connectivity index (χ4n) is 5.49. The van der Waals surface area contributed by atoms with Gasteiger partial charge in [-0.15, -0.1) is 0 Å². The molecule has 0 bridgehead atoms. The molecule has 14 heteroatoms. The zero-order valence-corrected chi connectivity index (χ0v) is 50.3. The molecule has 3 amide bonds. The first-order valence-electron chi connectivity index (χ1n) is 23.5. The summed E-state index contributed by atoms with van der Waals surface area (Å²) in [5, 5.41) is 10.8. The van der Waals surface area contributed by atoms with Gasteiger partial charge >= 0.3 is 7.69 Å². The average molecular weight is 1340 g/mol. The van der Waals surface area contributed by atoms with E-state index in [1.54, 1.807) is 26.4 Å². The number of hydrogen-bond acceptors (Lipinski definition) is 7. The van der Waals surface area contributed by atoms with Crippen LogP contribution >= 0.6 is 67.8 Å². The Bertz CT molecular complexity index is 2390. The van der Waals surface area contributed by atoms with Crippen molar-refractivity contribution < 1.29 is 33.5 Å². The van der Waals surface area contributed by atoms with Crippen LogP contribution in [-0.2, 0) is 34.9 Å². The number of rotatable bonds is 15. The van der Waals surface area contributed by atoms with Crippen molar-refractivity contribution in [3.05, 3.63) is 245 Å². The van der Waals surface area contributed by atoms with Crippen LogP contribution in [0.1, 0.15) is 50.8 Å². The molecule has 0 aromatic heterocycles. The minimum Gasteiger partial charge on any atom is -0.501 e. The first-order chi connectivity index (χ1) is 35.7. The lowest BCUT2D eigenvalue weighted by molar-refractivity contribution is -0.117. The van der Waals surface area contributed by atoms with Crippen LogP contribution in [0.5, 0.6) is 0 Å². The summed E-state index contributed by atoms with van der Waals surface area (Å²) < 4.78 is 19.0. The van der Waals surface area contributed by atoms with E-state index in [4.69, 9.17) is 25.0 Å². The molecule has 0 spiro atoms. The van der Waals surface area contributed by atoms with E-state index in [9.17, 15) is 9.59 Å². The van der Waals surface area contributed by atoms with Gasteiger partial charge in [-0.3, -0.25) is 14.4 Å². The predicted octanol–water partition coefficient (Wildman–Crippen LogP) is 13.3. The van der Waals surface area contributed by atoms with E-state index in [0.29, 0.717) is 33.5 Å². The Labute approximate surface area is 484 Å². The summed E-state index contributed by atoms with van der Waals surface area (Å²) in [5.74, 6) is 0.531. The van der Waals surface area contributed by atoms with E-state index in [0.717, 1.165) is 26.0 Å². The number of ether oxygens (including phenoxy) is 2. The smallest absolute Gasteiger partial charge is 0.485 e. The van der Waals surface area contributed by atoms with Crippen LogP contribution in [0.4, 0.5) is 0 Å². The number of methoxy groups -OCH3 is 2. The first kappa shape index (κ1) is 70.7. The number of aryl methyl sites for hydroxylation is 2. The number of benzene rings is 5. The molecule has 0 fully saturated rings. The fraction of sp³-hybridized carbons (Fsp3) is 0.217. The Kier molecular flexibility index (Phi) is 46.4. The molecule has 395 valence electrons. The van der Waals surface area contributed by atoms with Crippen molar-refractivity contribution in [1.82, 2.24) is 5.32 Å². The van der Waals surface area contributed by atoms with Gasteiger partial charge in [0.1, 0.15) is 5.76 Å². The fourth-order valence-corrected chi connectivity index (χ4v) is 6.63. The molecule has 1 radical (unpaired) electrons. The third-order valence-corrected chi connectivity index (χ3v) is 11.4. The van der Waals surface area contributed by atoms with Gasteiger partial charge in [0.2, 0.25) is 18.7 Å². The second-order valence-corrected chi connectivity index (χ2v) is 18.5. The van der Waals surface area contributed by atoms with Gasteiger partial charge in [0.05, 0.1) is 25.7 Å². The molecule has 74 heavy (non-hydrogen) atoms. The molecule has 6 N–H and O–H groups in total. The van der Waals surface area contributed by atoms with E-state index in [1.807, 2.05) is 125 Å². The van der Waals surface area contributed by atoms with E-state index in [2.05, 4.69) is 189 Å². The summed E-state index contributed by atoms with van der Waals surface area (Å²) in [4.78, 5) is 29.9. The van der Waals surface area contributed by atoms with Crippen molar-refractivity contribution in [2.75, 3.05) is 20.8 Å². The lowest BCUT2D eigenvalue weighted by Crippen LogP contribution is -2.30. The number of hydrogen-bond donors (Lipinski definition) is 4. The van der Waals surface area contributed by atoms with Gasteiger partial charge < -0.3 is 35.9 Å². The van der Waals surface area contributed by atoms with Gasteiger partial charge in [0, 0.05) is 36.4 Å². The molecule has 10 nitrogen and oxygen atoms in total. The summed E-state index contributed by atoms with van der Waals surface area (Å²) in [6.45, 7) is 16.2. The van der Waals surface area contributed by atoms with Crippen molar-refractivity contribution in [3.63, 3.8) is 0 Å². The van der Waals surface area contributed by atoms with Gasteiger partial charge in [-0.2, -0.15) is 0 Å². The number of nitrogens with two attached hydrogens (primary N) is 2. The maximum atomic E-state index is 10.8. The SMILES string of the molecule is C/C=C\C=C/CO[B]O.C=C/C(C)=C\C=C\C(NC=O)C1=C(OC)CC(OC)C=C1.CC.Cc1ccc(-c2ccccc2)cc1.Cc1ccc(I)cc1.Ic1ccccc1.NC(=O)Cc1ccc(I)cc1.NC=O. The number of primary amides is 2. The monoisotopic (exact) mass is 1340 g/mol. The minimum atomic E-state index is -0.286. The number of amides is 3. The second-order valence-electron chi connectivity index (χ2n) is 14.8. The quantitative estimate of drug-likeness (QED) is 0.0266. The number of nitrogens with one attached hydrogen (secondary N) is 1. The zero-order valence-electron chi connectivity index (χ0n) is 43.9. The van der Waals surface area contributed by atoms with E-state index >= 15 is 0 Å². The highest BCUT2D eigenvalue weighted by Crippen LogP contribution is 2.25. The van der Waals surface area contributed by atoms with Gasteiger partial charge in [-0.25, -0.2) is 0 Å². The molecular formula is C60H74BI3N3O7. The Morgan fingerprint density at radius 2 is 1.30 bits per heavy atom. The van der Waals surface area contributed by atoms with Crippen molar-refractivity contribution >= 4 is 94.2 Å². The first-order valence-corrected chi connectivity index (χ1v) is 26.7. The molecule has 0 saturated carbocycles. The van der Waals surface area contributed by atoms with Gasteiger partial charge in [-0.05, 0) is 149 Å². The van der Waals surface area contributed by atoms with Crippen molar-refractivity contribution in [3.8, 4) is 11.1 Å². The van der Waals surface area contributed by atoms with Crippen LogP contribution in [0.2, 0.25) is 0 Å². The maximum Gasteiger partial charge on any atom is 0.485 e. The summed E-state index contributed by atoms with van der Waals surface area (Å²) in [5.41, 5.74) is 17.3. The zero-order chi connectivity index (χ0) is 55.8. The molecule has 1 aliphatic carbocycles. The molecule has 0 heterocycles. The lowest BCUT2D eigenvalue weighted by Gasteiger charge is -2.24. The normalized spacial score (nSPS) is 12.4. The molecule has 5 aromatic rings. The molecule has 2 atom stereocenters. The van der Waals surface area contributed by atoms with Gasteiger partial charge in [0.25, 0.3) is 0 Å². The molecule has 2 unspecified atom stereocenters. The van der Waals surface area contributed by atoms with Gasteiger partial charge in [0.15, 0.2) is 0 Å². The topological polar surface area (TPSA) is 163 Å². The molecule has 5 aromatic carbocycles. The van der Waals surface area contributed by atoms with Crippen LogP contribution in [0, 0.1) is 24.6 Å². The second kappa shape index (κ2) is 48.6. The Morgan fingerprint density at radius 1 is 0.797 bits per heavy atom. The van der Waals surface area contributed by atoms with E-state index in [1.165, 1.54) is 29.4 Å². The van der Waals surface area contributed by atoms with Crippen LogP contribution in [0.15, 0.2) is 218 Å². The van der Waals surface area contributed by atoms with E-state index < -0.39 is 0 Å².